The van der Waals surface area contributed by atoms with Crippen LogP contribution in [0.4, 0.5) is 4.39 Å². The molecule has 1 aromatic heterocycles. The van der Waals surface area contributed by atoms with E-state index in [0.717, 1.165) is 18.5 Å². The Balaban J connectivity index is 1.48. The second-order valence-electron chi connectivity index (χ2n) is 8.47. The molecule has 0 radical (unpaired) electrons. The minimum absolute atomic E-state index is 0.222. The molecule has 2 aromatic carbocycles. The fourth-order valence-corrected chi connectivity index (χ4v) is 4.91. The lowest BCUT2D eigenvalue weighted by molar-refractivity contribution is -0.113. The minimum Gasteiger partial charge on any atom is -0.491 e. The maximum atomic E-state index is 14.9. The number of nitrogens with zero attached hydrogens (tertiary/aromatic N) is 4. The fourth-order valence-electron chi connectivity index (χ4n) is 3.95. The summed E-state index contributed by atoms with van der Waals surface area (Å²) < 4.78 is 27.6. The first-order chi connectivity index (χ1) is 17.6. The molecule has 1 fully saturated rings. The number of hydrogen-bond acceptors (Lipinski definition) is 6. The predicted octanol–water partition coefficient (Wildman–Crippen LogP) is 5.16. The van der Waals surface area contributed by atoms with Gasteiger partial charge in [-0.15, -0.1) is 0 Å². The van der Waals surface area contributed by atoms with Crippen LogP contribution in [0.3, 0.4) is 0 Å². The van der Waals surface area contributed by atoms with Gasteiger partial charge in [-0.3, -0.25) is 4.79 Å². The quantitative estimate of drug-likeness (QED) is 0.326. The average molecular weight is 507 g/mol. The van der Waals surface area contributed by atoms with E-state index in [1.54, 1.807) is 22.9 Å². The average Bonchev–Trinajstić information content (AvgIpc) is 3.50. The van der Waals surface area contributed by atoms with Crippen LogP contribution < -0.4 is 4.74 Å². The minimum atomic E-state index is -0.444. The summed E-state index contributed by atoms with van der Waals surface area (Å²) in [5, 5.41) is 5.44. The zero-order valence-electron chi connectivity index (χ0n) is 20.0. The lowest BCUT2D eigenvalue weighted by Crippen LogP contribution is -2.38. The third-order valence-electron chi connectivity index (χ3n) is 5.90. The third-order valence-corrected chi connectivity index (χ3v) is 6.95. The summed E-state index contributed by atoms with van der Waals surface area (Å²) >= 11 is 1.35. The van der Waals surface area contributed by atoms with Gasteiger partial charge in [0.1, 0.15) is 5.69 Å². The Kier molecular flexibility index (Phi) is 7.48. The van der Waals surface area contributed by atoms with Crippen LogP contribution in [0.5, 0.6) is 5.75 Å². The van der Waals surface area contributed by atoms with Crippen molar-refractivity contribution in [3.63, 3.8) is 0 Å². The topological polar surface area (TPSA) is 68.9 Å². The number of carbonyl (C=O) groups is 1. The third kappa shape index (κ3) is 5.37. The number of unbranched alkanes of at least 4 members (excludes halogenated alkanes) is 1. The van der Waals surface area contributed by atoms with Gasteiger partial charge in [0.2, 0.25) is 0 Å². The Morgan fingerprint density at radius 1 is 1.17 bits per heavy atom. The first kappa shape index (κ1) is 24.3. The van der Waals surface area contributed by atoms with Gasteiger partial charge < -0.3 is 14.4 Å². The van der Waals surface area contributed by atoms with Crippen molar-refractivity contribution in [3.05, 3.63) is 71.0 Å². The van der Waals surface area contributed by atoms with Gasteiger partial charge >= 0.3 is 0 Å². The van der Waals surface area contributed by atoms with E-state index in [-0.39, 0.29) is 11.7 Å². The number of carbonyl (C=O) groups excluding carboxylic acids is 1. The molecule has 0 saturated carbocycles. The molecule has 7 nitrogen and oxygen atoms in total. The van der Waals surface area contributed by atoms with E-state index < -0.39 is 5.82 Å². The monoisotopic (exact) mass is 506 g/mol. The molecule has 2 aliphatic heterocycles. The Morgan fingerprint density at radius 3 is 2.72 bits per heavy atom. The summed E-state index contributed by atoms with van der Waals surface area (Å²) in [5.41, 5.74) is 2.73. The molecule has 0 atom stereocenters. The summed E-state index contributed by atoms with van der Waals surface area (Å²) in [6, 6.07) is 14.5. The lowest BCUT2D eigenvalue weighted by Gasteiger charge is -2.27. The highest BCUT2D eigenvalue weighted by Gasteiger charge is 2.28. The number of amides is 1. The van der Waals surface area contributed by atoms with E-state index in [4.69, 9.17) is 14.6 Å². The number of para-hydroxylation sites is 1. The second kappa shape index (κ2) is 11.1. The van der Waals surface area contributed by atoms with Crippen LogP contribution in [0.15, 0.2) is 64.6 Å². The summed E-state index contributed by atoms with van der Waals surface area (Å²) in [6.45, 7) is 5.17. The molecule has 3 aromatic rings. The van der Waals surface area contributed by atoms with E-state index in [9.17, 15) is 9.18 Å². The highest BCUT2D eigenvalue weighted by Crippen LogP contribution is 2.34. The molecule has 0 bridgehead atoms. The number of benzene rings is 2. The first-order valence-electron chi connectivity index (χ1n) is 12.1. The van der Waals surface area contributed by atoms with Crippen LogP contribution in [0.1, 0.15) is 25.3 Å². The standard InChI is InChI=1S/C27H27FN4O3S/c1-2-3-13-35-23-10-9-19(16-22(23)28)25-20(18-32(30-25)21-7-5-4-6-8-21)17-24-26(33)29-27(36-24)31-11-14-34-15-12-31/h4-10,16-18H,2-3,11-15H2,1H3. The number of aliphatic imine (C=N–C) groups is 1. The molecule has 2 aliphatic rings. The van der Waals surface area contributed by atoms with Gasteiger partial charge in [0.25, 0.3) is 5.91 Å². The highest BCUT2D eigenvalue weighted by atomic mass is 32.2. The van der Waals surface area contributed by atoms with Gasteiger partial charge in [-0.2, -0.15) is 10.1 Å². The number of aromatic nitrogens is 2. The van der Waals surface area contributed by atoms with E-state index in [1.165, 1.54) is 17.8 Å². The number of rotatable bonds is 7. The normalized spacial score (nSPS) is 17.1. The van der Waals surface area contributed by atoms with Crippen LogP contribution in [0.2, 0.25) is 0 Å². The Labute approximate surface area is 213 Å². The molecule has 1 saturated heterocycles. The Morgan fingerprint density at radius 2 is 1.97 bits per heavy atom. The number of halogens is 1. The zero-order chi connectivity index (χ0) is 24.9. The predicted molar refractivity (Wildman–Crippen MR) is 140 cm³/mol. The van der Waals surface area contributed by atoms with E-state index >= 15 is 0 Å². The molecule has 0 spiro atoms. The highest BCUT2D eigenvalue weighted by molar-refractivity contribution is 8.18. The van der Waals surface area contributed by atoms with Gasteiger partial charge in [-0.05, 0) is 54.6 Å². The molecule has 36 heavy (non-hydrogen) atoms. The molecule has 9 heteroatoms. The van der Waals surface area contributed by atoms with E-state index in [0.29, 0.717) is 59.8 Å². The Bertz CT molecular complexity index is 1300. The molecule has 0 N–H and O–H groups in total. The van der Waals surface area contributed by atoms with Gasteiger partial charge in [0.05, 0.1) is 30.4 Å². The number of amidine groups is 1. The van der Waals surface area contributed by atoms with Crippen molar-refractivity contribution < 1.29 is 18.7 Å². The van der Waals surface area contributed by atoms with Crippen LogP contribution in [0.25, 0.3) is 23.0 Å². The van der Waals surface area contributed by atoms with Gasteiger partial charge in [-0.1, -0.05) is 31.5 Å². The van der Waals surface area contributed by atoms with Gasteiger partial charge in [0, 0.05) is 30.4 Å². The maximum absolute atomic E-state index is 14.9. The molecule has 0 unspecified atom stereocenters. The van der Waals surface area contributed by atoms with Crippen molar-refractivity contribution >= 4 is 28.9 Å². The van der Waals surface area contributed by atoms with Gasteiger partial charge in [0.15, 0.2) is 16.7 Å². The fraction of sp³-hybridized carbons (Fsp3) is 0.296. The van der Waals surface area contributed by atoms with Crippen molar-refractivity contribution in [1.82, 2.24) is 14.7 Å². The summed E-state index contributed by atoms with van der Waals surface area (Å²) in [6.07, 6.45) is 5.47. The largest absolute Gasteiger partial charge is 0.491 e. The molecule has 5 rings (SSSR count). The van der Waals surface area contributed by atoms with Crippen LogP contribution in [-0.2, 0) is 9.53 Å². The lowest BCUT2D eigenvalue weighted by atomic mass is 10.1. The van der Waals surface area contributed by atoms with Gasteiger partial charge in [-0.25, -0.2) is 9.07 Å². The van der Waals surface area contributed by atoms with Crippen molar-refractivity contribution in [2.24, 2.45) is 4.99 Å². The van der Waals surface area contributed by atoms with E-state index in [2.05, 4.69) is 16.8 Å². The van der Waals surface area contributed by atoms with Crippen LogP contribution >= 0.6 is 11.8 Å². The molecule has 0 aliphatic carbocycles. The van der Waals surface area contributed by atoms with Crippen molar-refractivity contribution in [1.29, 1.82) is 0 Å². The number of hydrogen-bond donors (Lipinski definition) is 0. The van der Waals surface area contributed by atoms with Crippen molar-refractivity contribution in [3.8, 4) is 22.7 Å². The zero-order valence-corrected chi connectivity index (χ0v) is 20.8. The summed E-state index contributed by atoms with van der Waals surface area (Å²) in [7, 11) is 0. The first-order valence-corrected chi connectivity index (χ1v) is 12.9. The maximum Gasteiger partial charge on any atom is 0.286 e. The Hall–Kier alpha value is -3.43. The molecular weight excluding hydrogens is 479 g/mol. The van der Waals surface area contributed by atoms with E-state index in [1.807, 2.05) is 36.5 Å². The molecule has 1 amide bonds. The second-order valence-corrected chi connectivity index (χ2v) is 9.48. The van der Waals surface area contributed by atoms with Crippen LogP contribution in [0, 0.1) is 5.82 Å². The van der Waals surface area contributed by atoms with Crippen molar-refractivity contribution in [2.45, 2.75) is 19.8 Å². The number of thioether (sulfide) groups is 1. The van der Waals surface area contributed by atoms with Crippen molar-refractivity contribution in [2.75, 3.05) is 32.9 Å². The molecule has 3 heterocycles. The number of morpholine rings is 1. The van der Waals surface area contributed by atoms with Crippen LogP contribution in [-0.4, -0.2) is 58.7 Å². The number of ether oxygens (including phenoxy) is 2. The SMILES string of the molecule is CCCCOc1ccc(-c2nn(-c3ccccc3)cc2C=C2SC(N3CCOCC3)=NC2=O)cc1F. The molecule has 186 valence electrons. The summed E-state index contributed by atoms with van der Waals surface area (Å²) in [5.74, 6) is -0.508. The molecular formula is C27H27FN4O3S. The summed E-state index contributed by atoms with van der Waals surface area (Å²) in [4.78, 5) is 19.6. The smallest absolute Gasteiger partial charge is 0.286 e.